The highest BCUT2D eigenvalue weighted by Gasteiger charge is 2.80. The minimum atomic E-state index is -4.99. The molecule has 0 radical (unpaired) electrons. The van der Waals surface area contributed by atoms with Gasteiger partial charge in [0.25, 0.3) is 5.92 Å². The number of esters is 1. The number of alkyl halides is 5. The number of carbonyl (C=O) groups is 1. The molecule has 0 spiro atoms. The molecule has 2 nitrogen and oxygen atoms in total. The first kappa shape index (κ1) is 15.3. The van der Waals surface area contributed by atoms with Gasteiger partial charge in [-0.2, -0.15) is 13.2 Å². The Balaban J connectivity index is 2.25. The van der Waals surface area contributed by atoms with Gasteiger partial charge in [-0.15, -0.1) is 0 Å². The molecule has 20 heavy (non-hydrogen) atoms. The molecule has 2 aliphatic rings. The van der Waals surface area contributed by atoms with Crippen LogP contribution in [0.15, 0.2) is 12.2 Å². The van der Waals surface area contributed by atoms with Gasteiger partial charge in [0.05, 0.1) is 5.92 Å². The summed E-state index contributed by atoms with van der Waals surface area (Å²) in [5.41, 5.74) is -3.01. The molecule has 0 N–H and O–H groups in total. The second kappa shape index (κ2) is 4.18. The molecule has 0 aromatic rings. The Morgan fingerprint density at radius 2 is 1.85 bits per heavy atom. The van der Waals surface area contributed by atoms with Crippen LogP contribution >= 0.6 is 0 Å². The zero-order valence-electron chi connectivity index (χ0n) is 11.1. The van der Waals surface area contributed by atoms with E-state index in [-0.39, 0.29) is 18.4 Å². The van der Waals surface area contributed by atoms with Crippen LogP contribution in [0.2, 0.25) is 0 Å². The Morgan fingerprint density at radius 1 is 1.30 bits per heavy atom. The highest BCUT2D eigenvalue weighted by atomic mass is 19.4. The minimum Gasteiger partial charge on any atom is -0.458 e. The highest BCUT2D eigenvalue weighted by Crippen LogP contribution is 2.69. The van der Waals surface area contributed by atoms with Crippen molar-refractivity contribution >= 4 is 5.97 Å². The predicted octanol–water partition coefficient (Wildman–Crippen LogP) is 3.72. The number of rotatable bonds is 2. The van der Waals surface area contributed by atoms with Gasteiger partial charge < -0.3 is 4.74 Å². The van der Waals surface area contributed by atoms with E-state index in [9.17, 15) is 26.7 Å². The van der Waals surface area contributed by atoms with Gasteiger partial charge in [0.2, 0.25) is 0 Å². The van der Waals surface area contributed by atoms with E-state index < -0.39 is 41.4 Å². The smallest absolute Gasteiger partial charge is 0.400 e. The third kappa shape index (κ3) is 1.78. The quantitative estimate of drug-likeness (QED) is 0.441. The molecule has 2 aliphatic carbocycles. The van der Waals surface area contributed by atoms with Gasteiger partial charge in [0.1, 0.15) is 11.5 Å². The molecule has 0 heterocycles. The molecular formula is C13H15F5O2. The van der Waals surface area contributed by atoms with Crippen LogP contribution in [0.25, 0.3) is 0 Å². The molecule has 2 rings (SSSR count). The molecule has 4 unspecified atom stereocenters. The summed E-state index contributed by atoms with van der Waals surface area (Å²) in [6.45, 7) is 5.24. The number of hydrogen-bond donors (Lipinski definition) is 0. The van der Waals surface area contributed by atoms with Crippen molar-refractivity contribution < 1.29 is 31.5 Å². The number of halogens is 5. The van der Waals surface area contributed by atoms with Crippen LogP contribution < -0.4 is 0 Å². The van der Waals surface area contributed by atoms with E-state index >= 15 is 0 Å². The molecule has 2 fully saturated rings. The molecular weight excluding hydrogens is 283 g/mol. The topological polar surface area (TPSA) is 26.3 Å². The zero-order chi connectivity index (χ0) is 15.5. The summed E-state index contributed by atoms with van der Waals surface area (Å²) in [7, 11) is 0. The fourth-order valence-electron chi connectivity index (χ4n) is 3.30. The highest BCUT2D eigenvalue weighted by molar-refractivity contribution is 5.87. The van der Waals surface area contributed by atoms with Crippen LogP contribution in [0, 0.1) is 17.3 Å². The lowest BCUT2D eigenvalue weighted by Gasteiger charge is -2.44. The summed E-state index contributed by atoms with van der Waals surface area (Å²) in [4.78, 5) is 11.4. The first-order chi connectivity index (χ1) is 8.93. The lowest BCUT2D eigenvalue weighted by molar-refractivity contribution is -0.316. The summed E-state index contributed by atoms with van der Waals surface area (Å²) in [5.74, 6) is -7.59. The third-order valence-electron chi connectivity index (χ3n) is 4.67. The van der Waals surface area contributed by atoms with Crippen molar-refractivity contribution in [2.24, 2.45) is 17.3 Å². The maximum absolute atomic E-state index is 14.2. The predicted molar refractivity (Wildman–Crippen MR) is 60.0 cm³/mol. The summed E-state index contributed by atoms with van der Waals surface area (Å²) >= 11 is 0. The standard InChI is InChI=1S/C13H15F5O2/c1-6(2)10(19)20-9-5-7-4-8(9)12(14,15)11(7,3)13(16,17)18/h7-9H,1,4-5H2,2-3H3. The molecule has 2 bridgehead atoms. The Labute approximate surface area is 113 Å². The summed E-state index contributed by atoms with van der Waals surface area (Å²) in [6, 6.07) is 0. The molecule has 0 saturated heterocycles. The van der Waals surface area contributed by atoms with Gasteiger partial charge in [-0.05, 0) is 32.6 Å². The van der Waals surface area contributed by atoms with Crippen LogP contribution in [0.1, 0.15) is 26.7 Å². The molecule has 7 heteroatoms. The van der Waals surface area contributed by atoms with Crippen molar-refractivity contribution in [3.05, 3.63) is 12.2 Å². The van der Waals surface area contributed by atoms with Crippen LogP contribution in [-0.4, -0.2) is 24.2 Å². The van der Waals surface area contributed by atoms with E-state index in [1.807, 2.05) is 0 Å². The average Bonchev–Trinajstić information content (AvgIpc) is 2.76. The Morgan fingerprint density at radius 3 is 2.25 bits per heavy atom. The minimum absolute atomic E-state index is 0.0367. The fraction of sp³-hybridized carbons (Fsp3) is 0.769. The van der Waals surface area contributed by atoms with E-state index in [2.05, 4.69) is 6.58 Å². The molecule has 114 valence electrons. The fourth-order valence-corrected chi connectivity index (χ4v) is 3.30. The van der Waals surface area contributed by atoms with Gasteiger partial charge in [-0.25, -0.2) is 13.6 Å². The number of carbonyl (C=O) groups excluding carboxylic acids is 1. The number of hydrogen-bond acceptors (Lipinski definition) is 2. The SMILES string of the molecule is C=C(C)C(=O)OC1CC2CC1C(F)(F)C2(C)C(F)(F)F. The largest absolute Gasteiger partial charge is 0.458 e. The molecule has 0 aliphatic heterocycles. The summed E-state index contributed by atoms with van der Waals surface area (Å²) in [5, 5.41) is 0. The van der Waals surface area contributed by atoms with Gasteiger partial charge in [0, 0.05) is 5.57 Å². The van der Waals surface area contributed by atoms with Crippen LogP contribution in [0.5, 0.6) is 0 Å². The maximum Gasteiger partial charge on any atom is 0.400 e. The second-order valence-electron chi connectivity index (χ2n) is 5.82. The average molecular weight is 298 g/mol. The van der Waals surface area contributed by atoms with Crippen LogP contribution in [0.3, 0.4) is 0 Å². The zero-order valence-corrected chi connectivity index (χ0v) is 11.1. The van der Waals surface area contributed by atoms with Gasteiger partial charge in [-0.3, -0.25) is 0 Å². The summed E-state index contributed by atoms with van der Waals surface area (Å²) < 4.78 is 72.2. The molecule has 0 aromatic carbocycles. The Hall–Kier alpha value is -1.14. The lowest BCUT2D eigenvalue weighted by atomic mass is 9.70. The van der Waals surface area contributed by atoms with E-state index in [1.54, 1.807) is 0 Å². The first-order valence-corrected chi connectivity index (χ1v) is 6.24. The van der Waals surface area contributed by atoms with Crippen LogP contribution in [0.4, 0.5) is 22.0 Å². The van der Waals surface area contributed by atoms with E-state index in [4.69, 9.17) is 4.74 Å². The van der Waals surface area contributed by atoms with Crippen molar-refractivity contribution in [3.63, 3.8) is 0 Å². The van der Waals surface area contributed by atoms with Gasteiger partial charge in [-0.1, -0.05) is 6.58 Å². The van der Waals surface area contributed by atoms with E-state index in [0.29, 0.717) is 6.92 Å². The lowest BCUT2D eigenvalue weighted by Crippen LogP contribution is -2.57. The van der Waals surface area contributed by atoms with Crippen LogP contribution in [-0.2, 0) is 9.53 Å². The molecule has 0 aromatic heterocycles. The van der Waals surface area contributed by atoms with Gasteiger partial charge >= 0.3 is 12.1 Å². The first-order valence-electron chi connectivity index (χ1n) is 6.24. The molecule has 4 atom stereocenters. The van der Waals surface area contributed by atoms with Gasteiger partial charge in [0.15, 0.2) is 0 Å². The van der Waals surface area contributed by atoms with Crippen molar-refractivity contribution in [2.75, 3.05) is 0 Å². The van der Waals surface area contributed by atoms with E-state index in [0.717, 1.165) is 0 Å². The normalized spacial score (nSPS) is 38.9. The molecule has 2 saturated carbocycles. The number of ether oxygens (including phenoxy) is 1. The Bertz CT molecular complexity index is 456. The van der Waals surface area contributed by atoms with Crippen molar-refractivity contribution in [2.45, 2.75) is 44.9 Å². The molecule has 0 amide bonds. The van der Waals surface area contributed by atoms with Crippen molar-refractivity contribution in [3.8, 4) is 0 Å². The monoisotopic (exact) mass is 298 g/mol. The van der Waals surface area contributed by atoms with Crippen molar-refractivity contribution in [1.29, 1.82) is 0 Å². The second-order valence-corrected chi connectivity index (χ2v) is 5.82. The number of fused-ring (bicyclic) bond motifs is 2. The third-order valence-corrected chi connectivity index (χ3v) is 4.67. The van der Waals surface area contributed by atoms with E-state index in [1.165, 1.54) is 6.92 Å². The Kier molecular flexibility index (Phi) is 3.19. The van der Waals surface area contributed by atoms with Crippen molar-refractivity contribution in [1.82, 2.24) is 0 Å². The maximum atomic E-state index is 14.2. The summed E-state index contributed by atoms with van der Waals surface area (Å²) in [6.07, 6.45) is -6.62.